The number of methoxy groups -OCH3 is 2. The van der Waals surface area contributed by atoms with Crippen LogP contribution in [0, 0.1) is 0 Å². The number of aromatic nitrogens is 3. The summed E-state index contributed by atoms with van der Waals surface area (Å²) in [4.78, 5) is 13.0. The zero-order valence-electron chi connectivity index (χ0n) is 19.1. The molecule has 1 amide bonds. The Bertz CT molecular complexity index is 1260. The third kappa shape index (κ3) is 5.97. The zero-order valence-corrected chi connectivity index (χ0v) is 20.7. The second-order valence-corrected chi connectivity index (χ2v) is 10.5. The lowest BCUT2D eigenvalue weighted by Gasteiger charge is -2.14. The molecule has 0 spiro atoms. The van der Waals surface area contributed by atoms with Crippen LogP contribution in [0.1, 0.15) is 12.7 Å². The second kappa shape index (κ2) is 11.2. The van der Waals surface area contributed by atoms with E-state index in [9.17, 15) is 13.2 Å². The highest BCUT2D eigenvalue weighted by molar-refractivity contribution is 8.00. The number of thioether (sulfide) groups is 1. The van der Waals surface area contributed by atoms with Crippen molar-refractivity contribution < 1.29 is 22.7 Å². The Kier molecular flexibility index (Phi) is 8.35. The summed E-state index contributed by atoms with van der Waals surface area (Å²) in [6.07, 6.45) is 1.63. The Morgan fingerprint density at radius 3 is 2.50 bits per heavy atom. The second-order valence-electron chi connectivity index (χ2n) is 7.19. The Labute approximate surface area is 203 Å². The molecule has 0 aliphatic rings. The third-order valence-corrected chi connectivity index (χ3v) is 7.54. The van der Waals surface area contributed by atoms with E-state index in [1.54, 1.807) is 66.1 Å². The van der Waals surface area contributed by atoms with E-state index < -0.39 is 15.1 Å². The van der Waals surface area contributed by atoms with Crippen molar-refractivity contribution in [1.29, 1.82) is 0 Å². The van der Waals surface area contributed by atoms with Gasteiger partial charge in [-0.05, 0) is 31.2 Å². The summed E-state index contributed by atoms with van der Waals surface area (Å²) in [6, 6.07) is 13.3. The molecule has 1 aromatic heterocycles. The van der Waals surface area contributed by atoms with E-state index in [0.717, 1.165) is 0 Å². The van der Waals surface area contributed by atoms with Crippen molar-refractivity contribution in [1.82, 2.24) is 14.8 Å². The number of sulfone groups is 1. The largest absolute Gasteiger partial charge is 0.493 e. The van der Waals surface area contributed by atoms with E-state index in [2.05, 4.69) is 22.1 Å². The number of hydrogen-bond acceptors (Lipinski definition) is 8. The van der Waals surface area contributed by atoms with Crippen LogP contribution in [0.5, 0.6) is 11.5 Å². The lowest BCUT2D eigenvalue weighted by Crippen LogP contribution is -2.23. The highest BCUT2D eigenvalue weighted by Crippen LogP contribution is 2.31. The summed E-state index contributed by atoms with van der Waals surface area (Å²) in [5.41, 5.74) is 0.553. The smallest absolute Gasteiger partial charge is 0.237 e. The highest BCUT2D eigenvalue weighted by Gasteiger charge is 2.24. The van der Waals surface area contributed by atoms with Gasteiger partial charge in [0.05, 0.1) is 24.4 Å². The summed E-state index contributed by atoms with van der Waals surface area (Å²) in [5.74, 6) is 0.751. The molecule has 0 aliphatic carbocycles. The molecule has 34 heavy (non-hydrogen) atoms. The van der Waals surface area contributed by atoms with Gasteiger partial charge in [0.15, 0.2) is 26.5 Å². The number of carbonyl (C=O) groups excluding carboxylic acids is 1. The Hall–Kier alpha value is -3.31. The third-order valence-electron chi connectivity index (χ3n) is 4.83. The minimum Gasteiger partial charge on any atom is -0.493 e. The van der Waals surface area contributed by atoms with Gasteiger partial charge >= 0.3 is 0 Å². The molecule has 1 unspecified atom stereocenters. The molecule has 180 valence electrons. The van der Waals surface area contributed by atoms with E-state index in [1.807, 2.05) is 0 Å². The molecular formula is C23H26N4O5S2. The first kappa shape index (κ1) is 25.3. The van der Waals surface area contributed by atoms with Crippen molar-refractivity contribution in [3.05, 3.63) is 67.0 Å². The standard InChI is InChI=1S/C23H26N4O5S2/c1-5-13-27-21(15-34(29,30)18-9-7-6-8-10-18)25-26-23(27)33-16(2)22(28)24-17-11-12-19(31-3)20(14-17)32-4/h5-12,14,16H,1,13,15H2,2-4H3,(H,24,28). The predicted molar refractivity (Wildman–Crippen MR) is 131 cm³/mol. The molecule has 0 fully saturated rings. The van der Waals surface area contributed by atoms with Crippen molar-refractivity contribution >= 4 is 33.2 Å². The van der Waals surface area contributed by atoms with Crippen molar-refractivity contribution in [3.8, 4) is 11.5 Å². The number of allylic oxidation sites excluding steroid dienone is 1. The fraction of sp³-hybridized carbons (Fsp3) is 0.261. The fourth-order valence-corrected chi connectivity index (χ4v) is 5.25. The van der Waals surface area contributed by atoms with Gasteiger partial charge in [-0.1, -0.05) is 36.0 Å². The van der Waals surface area contributed by atoms with E-state index in [4.69, 9.17) is 9.47 Å². The van der Waals surface area contributed by atoms with Gasteiger partial charge in [0, 0.05) is 18.3 Å². The number of amides is 1. The van der Waals surface area contributed by atoms with E-state index in [-0.39, 0.29) is 22.4 Å². The van der Waals surface area contributed by atoms with Crippen molar-refractivity contribution in [2.75, 3.05) is 19.5 Å². The minimum atomic E-state index is -3.61. The number of carbonyl (C=O) groups is 1. The van der Waals surface area contributed by atoms with Gasteiger partial charge in [-0.3, -0.25) is 4.79 Å². The van der Waals surface area contributed by atoms with Gasteiger partial charge in [-0.25, -0.2) is 8.42 Å². The number of rotatable bonds is 11. The average molecular weight is 503 g/mol. The minimum absolute atomic E-state index is 0.208. The number of hydrogen-bond donors (Lipinski definition) is 1. The van der Waals surface area contributed by atoms with Gasteiger partial charge < -0.3 is 19.4 Å². The van der Waals surface area contributed by atoms with Gasteiger partial charge in [-0.2, -0.15) is 0 Å². The normalized spacial score (nSPS) is 12.1. The summed E-state index contributed by atoms with van der Waals surface area (Å²) >= 11 is 1.18. The lowest BCUT2D eigenvalue weighted by atomic mass is 10.2. The summed E-state index contributed by atoms with van der Waals surface area (Å²) in [7, 11) is -0.554. The molecule has 0 bridgehead atoms. The first-order valence-corrected chi connectivity index (χ1v) is 12.8. The molecule has 0 aliphatic heterocycles. The van der Waals surface area contributed by atoms with Crippen LogP contribution >= 0.6 is 11.8 Å². The van der Waals surface area contributed by atoms with Gasteiger partial charge in [0.2, 0.25) is 5.91 Å². The molecule has 0 saturated carbocycles. The first-order valence-electron chi connectivity index (χ1n) is 10.3. The molecule has 9 nitrogen and oxygen atoms in total. The Balaban J connectivity index is 1.75. The lowest BCUT2D eigenvalue weighted by molar-refractivity contribution is -0.115. The topological polar surface area (TPSA) is 112 Å². The summed E-state index contributed by atoms with van der Waals surface area (Å²) < 4.78 is 37.7. The van der Waals surface area contributed by atoms with Crippen LogP contribution in [-0.4, -0.2) is 48.6 Å². The SMILES string of the molecule is C=CCn1c(CS(=O)(=O)c2ccccc2)nnc1SC(C)C(=O)Nc1ccc(OC)c(OC)c1. The van der Waals surface area contributed by atoms with Crippen LogP contribution in [0.2, 0.25) is 0 Å². The quantitative estimate of drug-likeness (QED) is 0.313. The van der Waals surface area contributed by atoms with Crippen LogP contribution in [-0.2, 0) is 26.9 Å². The molecule has 11 heteroatoms. The zero-order chi connectivity index (χ0) is 24.7. The Morgan fingerprint density at radius 1 is 1.15 bits per heavy atom. The highest BCUT2D eigenvalue weighted by atomic mass is 32.2. The number of anilines is 1. The van der Waals surface area contributed by atoms with Crippen LogP contribution in [0.3, 0.4) is 0 Å². The molecular weight excluding hydrogens is 476 g/mol. The van der Waals surface area contributed by atoms with Crippen molar-refractivity contribution in [2.24, 2.45) is 0 Å². The van der Waals surface area contributed by atoms with Crippen LogP contribution in [0.25, 0.3) is 0 Å². The number of benzene rings is 2. The van der Waals surface area contributed by atoms with E-state index in [0.29, 0.717) is 28.9 Å². The van der Waals surface area contributed by atoms with Gasteiger partial charge in [-0.15, -0.1) is 16.8 Å². The van der Waals surface area contributed by atoms with Crippen molar-refractivity contribution in [2.45, 2.75) is 34.5 Å². The van der Waals surface area contributed by atoms with Crippen LogP contribution in [0.15, 0.2) is 71.2 Å². The maximum Gasteiger partial charge on any atom is 0.237 e. The van der Waals surface area contributed by atoms with Crippen LogP contribution < -0.4 is 14.8 Å². The first-order chi connectivity index (χ1) is 16.3. The fourth-order valence-electron chi connectivity index (χ4n) is 3.08. The number of nitrogens with zero attached hydrogens (tertiary/aromatic N) is 3. The molecule has 1 heterocycles. The average Bonchev–Trinajstić information content (AvgIpc) is 3.19. The van der Waals surface area contributed by atoms with Gasteiger partial charge in [0.25, 0.3) is 0 Å². The molecule has 1 atom stereocenters. The maximum absolute atomic E-state index is 12.8. The van der Waals surface area contributed by atoms with Crippen LogP contribution in [0.4, 0.5) is 5.69 Å². The molecule has 1 N–H and O–H groups in total. The molecule has 2 aromatic carbocycles. The van der Waals surface area contributed by atoms with E-state index in [1.165, 1.54) is 26.0 Å². The molecule has 3 rings (SSSR count). The number of ether oxygens (including phenoxy) is 2. The summed E-state index contributed by atoms with van der Waals surface area (Å²) in [5, 5.41) is 10.9. The van der Waals surface area contributed by atoms with Crippen molar-refractivity contribution in [3.63, 3.8) is 0 Å². The molecule has 3 aromatic rings. The molecule has 0 radical (unpaired) electrons. The Morgan fingerprint density at radius 2 is 1.85 bits per heavy atom. The van der Waals surface area contributed by atoms with Gasteiger partial charge in [0.1, 0.15) is 11.6 Å². The summed E-state index contributed by atoms with van der Waals surface area (Å²) in [6.45, 7) is 5.77. The monoisotopic (exact) mass is 502 g/mol. The predicted octanol–water partition coefficient (Wildman–Crippen LogP) is 3.57. The molecule has 0 saturated heterocycles. The van der Waals surface area contributed by atoms with E-state index >= 15 is 0 Å². The maximum atomic E-state index is 12.8. The number of nitrogens with one attached hydrogen (secondary N) is 1.